The van der Waals surface area contributed by atoms with Crippen molar-refractivity contribution in [2.45, 2.75) is 17.1 Å². The monoisotopic (exact) mass is 240 g/mol. The third kappa shape index (κ3) is 2.41. The molecule has 1 atom stereocenters. The molecule has 0 saturated heterocycles. The Morgan fingerprint density at radius 1 is 1.38 bits per heavy atom. The van der Waals surface area contributed by atoms with E-state index >= 15 is 0 Å². The predicted octanol–water partition coefficient (Wildman–Crippen LogP) is 2.02. The summed E-state index contributed by atoms with van der Waals surface area (Å²) in [6.45, 7) is 2.75. The molecular formula is C11H12O4S. The molecule has 5 heteroatoms. The molecule has 1 aromatic rings. The summed E-state index contributed by atoms with van der Waals surface area (Å²) in [5, 5.41) is 8.34. The Hall–Kier alpha value is -1.36. The number of carboxylic acid groups (broad SMARTS) is 1. The Kier molecular flexibility index (Phi) is 3.24. The van der Waals surface area contributed by atoms with E-state index in [1.54, 1.807) is 6.92 Å². The molecule has 0 aliphatic carbocycles. The Morgan fingerprint density at radius 2 is 2.06 bits per heavy atom. The van der Waals surface area contributed by atoms with E-state index in [9.17, 15) is 4.79 Å². The number of ether oxygens (including phenoxy) is 2. The molecule has 0 radical (unpaired) electrons. The van der Waals surface area contributed by atoms with Crippen molar-refractivity contribution in [2.75, 3.05) is 13.2 Å². The molecule has 0 saturated carbocycles. The van der Waals surface area contributed by atoms with Crippen LogP contribution in [0.15, 0.2) is 23.1 Å². The van der Waals surface area contributed by atoms with E-state index in [0.717, 1.165) is 10.6 Å². The maximum atomic E-state index is 10.7. The first-order chi connectivity index (χ1) is 7.66. The fraction of sp³-hybridized carbons (Fsp3) is 0.364. The molecule has 0 bridgehead atoms. The highest BCUT2D eigenvalue weighted by molar-refractivity contribution is 8.00. The van der Waals surface area contributed by atoms with Crippen LogP contribution in [0.5, 0.6) is 11.5 Å². The summed E-state index contributed by atoms with van der Waals surface area (Å²) in [7, 11) is 0. The number of fused-ring (bicyclic) bond motifs is 1. The smallest absolute Gasteiger partial charge is 0.316 e. The van der Waals surface area contributed by atoms with Crippen LogP contribution in [0.2, 0.25) is 0 Å². The van der Waals surface area contributed by atoms with Crippen molar-refractivity contribution in [3.05, 3.63) is 18.2 Å². The standard InChI is InChI=1S/C11H12O4S/c1-7(11(12)13)16-8-2-3-9-10(6-8)15-5-4-14-9/h2-3,6-7H,4-5H2,1H3,(H,12,13). The number of aliphatic carboxylic acids is 1. The lowest BCUT2D eigenvalue weighted by atomic mass is 10.3. The van der Waals surface area contributed by atoms with Gasteiger partial charge in [-0.25, -0.2) is 0 Å². The van der Waals surface area contributed by atoms with E-state index < -0.39 is 11.2 Å². The first-order valence-electron chi connectivity index (χ1n) is 4.96. The summed E-state index contributed by atoms with van der Waals surface area (Å²) >= 11 is 1.29. The molecule has 0 amide bonds. The number of carboxylic acids is 1. The molecule has 4 nitrogen and oxygen atoms in total. The second kappa shape index (κ2) is 4.65. The first kappa shape index (κ1) is 11.1. The van der Waals surface area contributed by atoms with Crippen LogP contribution in [-0.4, -0.2) is 29.5 Å². The Bertz CT molecular complexity index is 405. The van der Waals surface area contributed by atoms with Crippen LogP contribution in [0.4, 0.5) is 0 Å². The molecule has 0 spiro atoms. The number of carbonyl (C=O) groups is 1. The van der Waals surface area contributed by atoms with Crippen molar-refractivity contribution >= 4 is 17.7 Å². The lowest BCUT2D eigenvalue weighted by Gasteiger charge is -2.19. The predicted molar refractivity (Wildman–Crippen MR) is 60.4 cm³/mol. The van der Waals surface area contributed by atoms with Crippen molar-refractivity contribution in [3.63, 3.8) is 0 Å². The van der Waals surface area contributed by atoms with E-state index in [0.29, 0.717) is 19.0 Å². The lowest BCUT2D eigenvalue weighted by Crippen LogP contribution is -2.15. The van der Waals surface area contributed by atoms with Crippen LogP contribution in [0.3, 0.4) is 0 Å². The number of hydrogen-bond donors (Lipinski definition) is 1. The molecule has 1 N–H and O–H groups in total. The molecule has 1 unspecified atom stereocenters. The summed E-state index contributed by atoms with van der Waals surface area (Å²) in [6.07, 6.45) is 0. The van der Waals surface area contributed by atoms with Gasteiger partial charge in [0.15, 0.2) is 11.5 Å². The fourth-order valence-electron chi connectivity index (χ4n) is 1.35. The van der Waals surface area contributed by atoms with Crippen LogP contribution in [0.25, 0.3) is 0 Å². The normalized spacial score (nSPS) is 15.6. The molecule has 2 rings (SSSR count). The van der Waals surface area contributed by atoms with Gasteiger partial charge in [-0.3, -0.25) is 4.79 Å². The van der Waals surface area contributed by atoms with Crippen LogP contribution >= 0.6 is 11.8 Å². The van der Waals surface area contributed by atoms with E-state index in [1.165, 1.54) is 11.8 Å². The van der Waals surface area contributed by atoms with Gasteiger partial charge in [0.05, 0.1) is 0 Å². The highest BCUT2D eigenvalue weighted by atomic mass is 32.2. The summed E-state index contributed by atoms with van der Waals surface area (Å²) in [5.41, 5.74) is 0. The Balaban J connectivity index is 2.14. The molecule has 0 aromatic heterocycles. The first-order valence-corrected chi connectivity index (χ1v) is 5.84. The molecule has 1 heterocycles. The topological polar surface area (TPSA) is 55.8 Å². The lowest BCUT2D eigenvalue weighted by molar-refractivity contribution is -0.136. The second-order valence-electron chi connectivity index (χ2n) is 3.40. The zero-order chi connectivity index (χ0) is 11.5. The van der Waals surface area contributed by atoms with Gasteiger partial charge in [-0.05, 0) is 25.1 Å². The molecule has 1 aliphatic rings. The average Bonchev–Trinajstić information content (AvgIpc) is 2.28. The van der Waals surface area contributed by atoms with E-state index in [2.05, 4.69) is 0 Å². The maximum absolute atomic E-state index is 10.7. The highest BCUT2D eigenvalue weighted by Crippen LogP contribution is 2.35. The quantitative estimate of drug-likeness (QED) is 0.819. The Morgan fingerprint density at radius 3 is 2.75 bits per heavy atom. The molecule has 86 valence electrons. The maximum Gasteiger partial charge on any atom is 0.316 e. The van der Waals surface area contributed by atoms with Crippen LogP contribution in [0, 0.1) is 0 Å². The molecule has 1 aliphatic heterocycles. The van der Waals surface area contributed by atoms with Crippen molar-refractivity contribution in [2.24, 2.45) is 0 Å². The third-order valence-corrected chi connectivity index (χ3v) is 3.26. The number of benzene rings is 1. The summed E-state index contributed by atoms with van der Waals surface area (Å²) in [5.74, 6) is 0.590. The summed E-state index contributed by atoms with van der Waals surface area (Å²) in [4.78, 5) is 11.6. The van der Waals surface area contributed by atoms with Crippen molar-refractivity contribution in [1.29, 1.82) is 0 Å². The SMILES string of the molecule is CC(Sc1ccc2c(c1)OCCO2)C(=O)O. The van der Waals surface area contributed by atoms with Gasteiger partial charge < -0.3 is 14.6 Å². The third-order valence-electron chi connectivity index (χ3n) is 2.17. The minimum atomic E-state index is -0.820. The van der Waals surface area contributed by atoms with Crippen molar-refractivity contribution < 1.29 is 19.4 Å². The average molecular weight is 240 g/mol. The van der Waals surface area contributed by atoms with Gasteiger partial charge >= 0.3 is 5.97 Å². The highest BCUT2D eigenvalue weighted by Gasteiger charge is 2.16. The molecule has 16 heavy (non-hydrogen) atoms. The zero-order valence-corrected chi connectivity index (χ0v) is 9.62. The fourth-order valence-corrected chi connectivity index (χ4v) is 2.18. The van der Waals surface area contributed by atoms with E-state index in [-0.39, 0.29) is 0 Å². The van der Waals surface area contributed by atoms with Gasteiger partial charge in [-0.15, -0.1) is 11.8 Å². The van der Waals surface area contributed by atoms with Gasteiger partial charge in [0.2, 0.25) is 0 Å². The van der Waals surface area contributed by atoms with E-state index in [4.69, 9.17) is 14.6 Å². The van der Waals surface area contributed by atoms with Gasteiger partial charge in [0.1, 0.15) is 18.5 Å². The minimum absolute atomic E-state index is 0.470. The zero-order valence-electron chi connectivity index (χ0n) is 8.80. The molecule has 1 aromatic carbocycles. The summed E-state index contributed by atoms with van der Waals surface area (Å²) < 4.78 is 10.8. The van der Waals surface area contributed by atoms with Gasteiger partial charge in [0.25, 0.3) is 0 Å². The number of thioether (sulfide) groups is 1. The van der Waals surface area contributed by atoms with Crippen LogP contribution < -0.4 is 9.47 Å². The second-order valence-corrected chi connectivity index (χ2v) is 4.82. The van der Waals surface area contributed by atoms with Gasteiger partial charge in [-0.1, -0.05) is 0 Å². The number of rotatable bonds is 3. The van der Waals surface area contributed by atoms with Gasteiger partial charge in [0, 0.05) is 4.90 Å². The van der Waals surface area contributed by atoms with Crippen molar-refractivity contribution in [3.8, 4) is 11.5 Å². The van der Waals surface area contributed by atoms with Crippen LogP contribution in [-0.2, 0) is 4.79 Å². The Labute approximate surface area is 97.6 Å². The largest absolute Gasteiger partial charge is 0.486 e. The number of hydrogen-bond acceptors (Lipinski definition) is 4. The van der Waals surface area contributed by atoms with Gasteiger partial charge in [-0.2, -0.15) is 0 Å². The molecule has 0 fully saturated rings. The van der Waals surface area contributed by atoms with Crippen molar-refractivity contribution in [1.82, 2.24) is 0 Å². The summed E-state index contributed by atoms with van der Waals surface area (Å²) in [6, 6.07) is 5.47. The van der Waals surface area contributed by atoms with E-state index in [1.807, 2.05) is 18.2 Å². The van der Waals surface area contributed by atoms with Crippen LogP contribution in [0.1, 0.15) is 6.92 Å². The molecular weight excluding hydrogens is 228 g/mol. The minimum Gasteiger partial charge on any atom is -0.486 e.